The van der Waals surface area contributed by atoms with Gasteiger partial charge in [-0.15, -0.1) is 0 Å². The van der Waals surface area contributed by atoms with E-state index in [1.165, 1.54) is 18.3 Å². The SMILES string of the molecule is Cc1c(-c2ccc([N+](=O)[O-])cc2)cc2c(N(C(=O)OC(C)(C)C)C(=O)OC(C)(C)C)nccn12. The number of anilines is 1. The van der Waals surface area contributed by atoms with Crippen molar-refractivity contribution in [3.63, 3.8) is 0 Å². The van der Waals surface area contributed by atoms with Crippen LogP contribution in [0.2, 0.25) is 0 Å². The zero-order valence-electron chi connectivity index (χ0n) is 20.3. The third kappa shape index (κ3) is 5.33. The number of ether oxygens (including phenoxy) is 2. The van der Waals surface area contributed by atoms with E-state index in [1.807, 2.05) is 6.92 Å². The van der Waals surface area contributed by atoms with Crippen molar-refractivity contribution in [2.45, 2.75) is 59.7 Å². The van der Waals surface area contributed by atoms with Gasteiger partial charge in [-0.25, -0.2) is 14.6 Å². The number of non-ortho nitro benzene ring substituents is 1. The van der Waals surface area contributed by atoms with E-state index >= 15 is 0 Å². The van der Waals surface area contributed by atoms with E-state index in [4.69, 9.17) is 9.47 Å². The number of nitro benzene ring substituents is 1. The van der Waals surface area contributed by atoms with Gasteiger partial charge in [0.15, 0.2) is 5.82 Å². The van der Waals surface area contributed by atoms with Crippen LogP contribution in [-0.2, 0) is 9.47 Å². The summed E-state index contributed by atoms with van der Waals surface area (Å²) >= 11 is 0. The smallest absolute Gasteiger partial charge is 0.425 e. The average Bonchev–Trinajstić information content (AvgIpc) is 3.03. The summed E-state index contributed by atoms with van der Waals surface area (Å²) in [6.07, 6.45) is 1.33. The fourth-order valence-electron chi connectivity index (χ4n) is 3.31. The molecule has 180 valence electrons. The summed E-state index contributed by atoms with van der Waals surface area (Å²) in [5, 5.41) is 11.0. The Morgan fingerprint density at radius 3 is 2.00 bits per heavy atom. The van der Waals surface area contributed by atoms with Crippen LogP contribution in [0, 0.1) is 17.0 Å². The summed E-state index contributed by atoms with van der Waals surface area (Å²) in [7, 11) is 0. The third-order valence-electron chi connectivity index (χ3n) is 4.69. The molecule has 0 bridgehead atoms. The van der Waals surface area contributed by atoms with Gasteiger partial charge >= 0.3 is 12.2 Å². The highest BCUT2D eigenvalue weighted by Crippen LogP contribution is 2.33. The Balaban J connectivity index is 2.16. The van der Waals surface area contributed by atoms with Crippen molar-refractivity contribution in [3.05, 3.63) is 58.5 Å². The number of hydrogen-bond donors (Lipinski definition) is 0. The number of aryl methyl sites for hydroxylation is 1. The number of imide groups is 1. The van der Waals surface area contributed by atoms with E-state index in [9.17, 15) is 19.7 Å². The number of carbonyl (C=O) groups is 2. The predicted molar refractivity (Wildman–Crippen MR) is 127 cm³/mol. The molecular weight excluding hydrogens is 440 g/mol. The molecule has 0 saturated carbocycles. The number of nitrogens with zero attached hydrogens (tertiary/aromatic N) is 4. The standard InChI is InChI=1S/C24H28N4O6/c1-15-18(16-8-10-17(11-9-16)28(31)32)14-19-20(25-12-13-26(15)19)27(21(29)33-23(2,3)4)22(30)34-24(5,6)7/h8-14H,1-7H3. The normalized spacial score (nSPS) is 11.9. The highest BCUT2D eigenvalue weighted by molar-refractivity contribution is 6.11. The molecule has 0 aliphatic rings. The lowest BCUT2D eigenvalue weighted by Gasteiger charge is -2.28. The molecule has 0 fully saturated rings. The summed E-state index contributed by atoms with van der Waals surface area (Å²) in [4.78, 5) is 41.8. The second-order valence-electron chi connectivity index (χ2n) is 9.75. The van der Waals surface area contributed by atoms with E-state index in [0.29, 0.717) is 5.52 Å². The van der Waals surface area contributed by atoms with Crippen LogP contribution in [0.5, 0.6) is 0 Å². The number of nitro groups is 1. The Hall–Kier alpha value is -3.95. The molecule has 2 amide bonds. The Morgan fingerprint density at radius 1 is 1.00 bits per heavy atom. The molecule has 0 aliphatic heterocycles. The maximum Gasteiger partial charge on any atom is 0.425 e. The minimum atomic E-state index is -0.918. The van der Waals surface area contributed by atoms with Crippen molar-refractivity contribution in [2.24, 2.45) is 0 Å². The first-order chi connectivity index (χ1) is 15.7. The van der Waals surface area contributed by atoms with Gasteiger partial charge in [0, 0.05) is 35.8 Å². The maximum atomic E-state index is 13.1. The largest absolute Gasteiger partial charge is 0.443 e. The predicted octanol–water partition coefficient (Wildman–Crippen LogP) is 5.89. The third-order valence-corrected chi connectivity index (χ3v) is 4.69. The molecule has 2 heterocycles. The summed E-state index contributed by atoms with van der Waals surface area (Å²) in [5.41, 5.74) is 1.02. The first kappa shape index (κ1) is 24.7. The Kier molecular flexibility index (Phi) is 6.37. The first-order valence-corrected chi connectivity index (χ1v) is 10.7. The van der Waals surface area contributed by atoms with Crippen LogP contribution in [0.4, 0.5) is 21.1 Å². The van der Waals surface area contributed by atoms with Gasteiger partial charge in [-0.2, -0.15) is 4.90 Å². The van der Waals surface area contributed by atoms with E-state index in [1.54, 1.807) is 70.3 Å². The van der Waals surface area contributed by atoms with E-state index < -0.39 is 28.3 Å². The summed E-state index contributed by atoms with van der Waals surface area (Å²) in [6, 6.07) is 7.90. The molecule has 0 spiro atoms. The molecule has 10 nitrogen and oxygen atoms in total. The second-order valence-corrected chi connectivity index (χ2v) is 9.75. The molecule has 0 unspecified atom stereocenters. The minimum absolute atomic E-state index is 0.0199. The van der Waals surface area contributed by atoms with Crippen LogP contribution in [0.25, 0.3) is 16.6 Å². The van der Waals surface area contributed by atoms with Crippen molar-refractivity contribution in [3.8, 4) is 11.1 Å². The molecule has 0 radical (unpaired) electrons. The van der Waals surface area contributed by atoms with E-state index in [2.05, 4.69) is 4.98 Å². The number of aromatic nitrogens is 2. The quantitative estimate of drug-likeness (QED) is 0.347. The van der Waals surface area contributed by atoms with E-state index in [0.717, 1.165) is 21.7 Å². The highest BCUT2D eigenvalue weighted by Gasteiger charge is 2.35. The van der Waals surface area contributed by atoms with Crippen LogP contribution in [0.1, 0.15) is 47.2 Å². The second kappa shape index (κ2) is 8.77. The van der Waals surface area contributed by atoms with Crippen molar-refractivity contribution >= 4 is 29.2 Å². The van der Waals surface area contributed by atoms with Gasteiger partial charge in [-0.3, -0.25) is 10.1 Å². The summed E-state index contributed by atoms with van der Waals surface area (Å²) in [5.74, 6) is 0.0438. The molecule has 3 aromatic rings. The van der Waals surface area contributed by atoms with Gasteiger partial charge in [-0.05, 0) is 72.2 Å². The van der Waals surface area contributed by atoms with Gasteiger partial charge in [-0.1, -0.05) is 0 Å². The number of fused-ring (bicyclic) bond motifs is 1. The minimum Gasteiger partial charge on any atom is -0.443 e. The molecule has 34 heavy (non-hydrogen) atoms. The van der Waals surface area contributed by atoms with Crippen LogP contribution < -0.4 is 4.90 Å². The molecule has 0 aliphatic carbocycles. The zero-order valence-corrected chi connectivity index (χ0v) is 20.3. The monoisotopic (exact) mass is 468 g/mol. The number of carbonyl (C=O) groups excluding carboxylic acids is 2. The summed E-state index contributed by atoms with van der Waals surface area (Å²) in [6.45, 7) is 12.0. The number of rotatable bonds is 3. The van der Waals surface area contributed by atoms with Crippen LogP contribution >= 0.6 is 0 Å². The molecule has 2 aromatic heterocycles. The molecular formula is C24H28N4O6. The number of benzene rings is 1. The van der Waals surface area contributed by atoms with Crippen molar-refractivity contribution in [2.75, 3.05) is 4.90 Å². The Labute approximate surface area is 197 Å². The fraction of sp³-hybridized carbons (Fsp3) is 0.375. The molecule has 10 heteroatoms. The van der Waals surface area contributed by atoms with E-state index in [-0.39, 0.29) is 11.5 Å². The van der Waals surface area contributed by atoms with Gasteiger partial charge in [0.25, 0.3) is 5.69 Å². The molecule has 3 rings (SSSR count). The molecule has 0 N–H and O–H groups in total. The van der Waals surface area contributed by atoms with Gasteiger partial charge in [0.2, 0.25) is 0 Å². The summed E-state index contributed by atoms with van der Waals surface area (Å²) < 4.78 is 12.7. The first-order valence-electron chi connectivity index (χ1n) is 10.7. The van der Waals surface area contributed by atoms with Crippen molar-refractivity contribution in [1.29, 1.82) is 0 Å². The maximum absolute atomic E-state index is 13.1. The van der Waals surface area contributed by atoms with Crippen LogP contribution in [-0.4, -0.2) is 37.7 Å². The van der Waals surface area contributed by atoms with Crippen LogP contribution in [0.15, 0.2) is 42.7 Å². The number of amides is 2. The van der Waals surface area contributed by atoms with Crippen molar-refractivity contribution < 1.29 is 24.0 Å². The lowest BCUT2D eigenvalue weighted by Crippen LogP contribution is -2.44. The highest BCUT2D eigenvalue weighted by atomic mass is 16.6. The Bertz CT molecular complexity index is 1220. The molecule has 0 atom stereocenters. The topological polar surface area (TPSA) is 116 Å². The lowest BCUT2D eigenvalue weighted by atomic mass is 10.1. The molecule has 0 saturated heterocycles. The van der Waals surface area contributed by atoms with Crippen LogP contribution in [0.3, 0.4) is 0 Å². The lowest BCUT2D eigenvalue weighted by molar-refractivity contribution is -0.384. The van der Waals surface area contributed by atoms with Gasteiger partial charge in [0.1, 0.15) is 11.2 Å². The fourth-order valence-corrected chi connectivity index (χ4v) is 3.31. The van der Waals surface area contributed by atoms with Crippen molar-refractivity contribution in [1.82, 2.24) is 9.38 Å². The average molecular weight is 469 g/mol. The Morgan fingerprint density at radius 2 is 1.53 bits per heavy atom. The number of hydrogen-bond acceptors (Lipinski definition) is 7. The zero-order chi connectivity index (χ0) is 25.4. The van der Waals surface area contributed by atoms with Gasteiger partial charge < -0.3 is 13.9 Å². The molecule has 1 aromatic carbocycles. The van der Waals surface area contributed by atoms with Gasteiger partial charge in [0.05, 0.1) is 10.4 Å².